The number of hydrogen-bond donors (Lipinski definition) is 2. The molecule has 0 amide bonds. The number of pyridine rings is 1. The molecule has 0 saturated heterocycles. The molecule has 3 rings (SSSR count). The van der Waals surface area contributed by atoms with Crippen molar-refractivity contribution in [2.45, 2.75) is 6.92 Å². The van der Waals surface area contributed by atoms with Crippen molar-refractivity contribution in [3.63, 3.8) is 0 Å². The molecule has 3 aromatic rings. The predicted molar refractivity (Wildman–Crippen MR) is 91.8 cm³/mol. The van der Waals surface area contributed by atoms with Crippen molar-refractivity contribution in [1.29, 1.82) is 0 Å². The van der Waals surface area contributed by atoms with E-state index in [1.165, 1.54) is 0 Å². The molecular formula is C16H14BrN5. The standard InChI is InChI=1S/C16H14BrN5/c1-10-2-3-13(18)7-15(10)22-16-20-5-4-14(21-16)11-6-12(17)9-19-8-11/h2-9H,18H2,1H3,(H,20,21,22). The van der Waals surface area contributed by atoms with Crippen LogP contribution in [0.15, 0.2) is 53.4 Å². The summed E-state index contributed by atoms with van der Waals surface area (Å²) in [5.74, 6) is 0.520. The zero-order valence-electron chi connectivity index (χ0n) is 11.9. The van der Waals surface area contributed by atoms with Gasteiger partial charge in [0.25, 0.3) is 0 Å². The molecule has 0 aliphatic carbocycles. The predicted octanol–water partition coefficient (Wildman–Crippen LogP) is 3.94. The van der Waals surface area contributed by atoms with E-state index >= 15 is 0 Å². The Kier molecular flexibility index (Phi) is 4.02. The number of hydrogen-bond acceptors (Lipinski definition) is 5. The van der Waals surface area contributed by atoms with Crippen molar-refractivity contribution in [3.8, 4) is 11.3 Å². The third-order valence-corrected chi connectivity index (χ3v) is 3.60. The molecule has 6 heteroatoms. The van der Waals surface area contributed by atoms with Crippen LogP contribution < -0.4 is 11.1 Å². The highest BCUT2D eigenvalue weighted by atomic mass is 79.9. The van der Waals surface area contributed by atoms with Crippen molar-refractivity contribution in [2.24, 2.45) is 0 Å². The SMILES string of the molecule is Cc1ccc(N)cc1Nc1nccc(-c2cncc(Br)c2)n1. The van der Waals surface area contributed by atoms with Crippen LogP contribution in [0.3, 0.4) is 0 Å². The number of nitrogen functional groups attached to an aromatic ring is 1. The highest BCUT2D eigenvalue weighted by Gasteiger charge is 2.05. The van der Waals surface area contributed by atoms with Gasteiger partial charge in [-0.1, -0.05) is 6.07 Å². The maximum atomic E-state index is 5.82. The summed E-state index contributed by atoms with van der Waals surface area (Å²) >= 11 is 3.41. The van der Waals surface area contributed by atoms with Gasteiger partial charge in [0.2, 0.25) is 5.95 Å². The smallest absolute Gasteiger partial charge is 0.227 e. The van der Waals surface area contributed by atoms with Crippen molar-refractivity contribution >= 4 is 33.3 Å². The van der Waals surface area contributed by atoms with Crippen molar-refractivity contribution in [2.75, 3.05) is 11.1 Å². The van der Waals surface area contributed by atoms with E-state index in [0.29, 0.717) is 11.6 Å². The molecule has 0 bridgehead atoms. The first-order valence-corrected chi connectivity index (χ1v) is 7.48. The fraction of sp³-hybridized carbons (Fsp3) is 0.0625. The molecule has 0 saturated carbocycles. The van der Waals surface area contributed by atoms with Crippen LogP contribution in [0.5, 0.6) is 0 Å². The van der Waals surface area contributed by atoms with E-state index in [4.69, 9.17) is 5.73 Å². The van der Waals surface area contributed by atoms with E-state index in [-0.39, 0.29) is 0 Å². The molecule has 0 atom stereocenters. The molecule has 22 heavy (non-hydrogen) atoms. The van der Waals surface area contributed by atoms with Gasteiger partial charge in [0, 0.05) is 40.0 Å². The van der Waals surface area contributed by atoms with Gasteiger partial charge in [0.1, 0.15) is 0 Å². The topological polar surface area (TPSA) is 76.7 Å². The van der Waals surface area contributed by atoms with Crippen molar-refractivity contribution < 1.29 is 0 Å². The molecule has 2 aromatic heterocycles. The number of benzene rings is 1. The highest BCUT2D eigenvalue weighted by molar-refractivity contribution is 9.10. The summed E-state index contributed by atoms with van der Waals surface area (Å²) in [5, 5.41) is 3.20. The number of rotatable bonds is 3. The first kappa shape index (κ1) is 14.5. The largest absolute Gasteiger partial charge is 0.399 e. The van der Waals surface area contributed by atoms with E-state index in [0.717, 1.165) is 27.0 Å². The van der Waals surface area contributed by atoms with Gasteiger partial charge in [0.15, 0.2) is 0 Å². The van der Waals surface area contributed by atoms with Gasteiger partial charge >= 0.3 is 0 Å². The minimum atomic E-state index is 0.520. The number of anilines is 3. The lowest BCUT2D eigenvalue weighted by Crippen LogP contribution is -2.00. The zero-order chi connectivity index (χ0) is 15.5. The summed E-state index contributed by atoms with van der Waals surface area (Å²) in [6, 6.07) is 9.50. The summed E-state index contributed by atoms with van der Waals surface area (Å²) in [6.07, 6.45) is 5.22. The van der Waals surface area contributed by atoms with Gasteiger partial charge in [-0.05, 0) is 52.7 Å². The summed E-state index contributed by atoms with van der Waals surface area (Å²) in [6.45, 7) is 2.00. The monoisotopic (exact) mass is 355 g/mol. The second-order valence-electron chi connectivity index (χ2n) is 4.86. The molecule has 0 aliphatic rings. The molecule has 0 spiro atoms. The lowest BCUT2D eigenvalue weighted by atomic mass is 10.2. The first-order valence-electron chi connectivity index (χ1n) is 6.69. The third kappa shape index (κ3) is 3.23. The van der Waals surface area contributed by atoms with Crippen molar-refractivity contribution in [3.05, 3.63) is 59.0 Å². The molecule has 5 nitrogen and oxygen atoms in total. The van der Waals surface area contributed by atoms with Gasteiger partial charge in [-0.15, -0.1) is 0 Å². The number of aromatic nitrogens is 3. The van der Waals surface area contributed by atoms with Gasteiger partial charge in [-0.2, -0.15) is 0 Å². The zero-order valence-corrected chi connectivity index (χ0v) is 13.5. The fourth-order valence-corrected chi connectivity index (χ4v) is 2.39. The molecular weight excluding hydrogens is 342 g/mol. The van der Waals surface area contributed by atoms with Gasteiger partial charge in [-0.3, -0.25) is 4.98 Å². The number of nitrogens with zero attached hydrogens (tertiary/aromatic N) is 3. The Morgan fingerprint density at radius 1 is 1.14 bits per heavy atom. The van der Waals surface area contributed by atoms with Crippen LogP contribution in [0.25, 0.3) is 11.3 Å². The second kappa shape index (κ2) is 6.11. The van der Waals surface area contributed by atoms with E-state index in [1.54, 1.807) is 18.6 Å². The Morgan fingerprint density at radius 2 is 2.00 bits per heavy atom. The van der Waals surface area contributed by atoms with Crippen LogP contribution in [-0.4, -0.2) is 15.0 Å². The number of nitrogens with two attached hydrogens (primary N) is 1. The molecule has 0 unspecified atom stereocenters. The van der Waals surface area contributed by atoms with Crippen LogP contribution in [-0.2, 0) is 0 Å². The molecule has 0 fully saturated rings. The second-order valence-corrected chi connectivity index (χ2v) is 5.77. The van der Waals surface area contributed by atoms with E-state index < -0.39 is 0 Å². The Hall–Kier alpha value is -2.47. The average Bonchev–Trinajstić information content (AvgIpc) is 2.51. The fourth-order valence-electron chi connectivity index (χ4n) is 2.03. The maximum absolute atomic E-state index is 5.82. The Balaban J connectivity index is 1.93. The maximum Gasteiger partial charge on any atom is 0.227 e. The summed E-state index contributed by atoms with van der Waals surface area (Å²) < 4.78 is 0.907. The van der Waals surface area contributed by atoms with E-state index in [2.05, 4.69) is 36.2 Å². The minimum Gasteiger partial charge on any atom is -0.399 e. The molecule has 1 aromatic carbocycles. The molecule has 3 N–H and O–H groups in total. The quantitative estimate of drug-likeness (QED) is 0.696. The van der Waals surface area contributed by atoms with Gasteiger partial charge in [0.05, 0.1) is 5.69 Å². The summed E-state index contributed by atoms with van der Waals surface area (Å²) in [5.41, 5.74) is 10.2. The highest BCUT2D eigenvalue weighted by Crippen LogP contribution is 2.24. The molecule has 110 valence electrons. The number of halogens is 1. The van der Waals surface area contributed by atoms with Crippen LogP contribution >= 0.6 is 15.9 Å². The first-order chi connectivity index (χ1) is 10.6. The normalized spacial score (nSPS) is 10.5. The third-order valence-electron chi connectivity index (χ3n) is 3.16. The van der Waals surface area contributed by atoms with Crippen LogP contribution in [0.4, 0.5) is 17.3 Å². The molecule has 0 aliphatic heterocycles. The summed E-state index contributed by atoms with van der Waals surface area (Å²) in [4.78, 5) is 12.9. The summed E-state index contributed by atoms with van der Waals surface area (Å²) in [7, 11) is 0. The van der Waals surface area contributed by atoms with Gasteiger partial charge < -0.3 is 11.1 Å². The van der Waals surface area contributed by atoms with E-state index in [1.807, 2.05) is 37.3 Å². The van der Waals surface area contributed by atoms with Crippen molar-refractivity contribution in [1.82, 2.24) is 15.0 Å². The van der Waals surface area contributed by atoms with Gasteiger partial charge in [-0.25, -0.2) is 9.97 Å². The number of aryl methyl sites for hydroxylation is 1. The lowest BCUT2D eigenvalue weighted by Gasteiger charge is -2.10. The number of nitrogens with one attached hydrogen (secondary N) is 1. The average molecular weight is 356 g/mol. The minimum absolute atomic E-state index is 0.520. The Morgan fingerprint density at radius 3 is 2.82 bits per heavy atom. The Labute approximate surface area is 136 Å². The molecule has 2 heterocycles. The van der Waals surface area contributed by atoms with Crippen LogP contribution in [0, 0.1) is 6.92 Å². The van der Waals surface area contributed by atoms with Crippen LogP contribution in [0.1, 0.15) is 5.56 Å². The Bertz CT molecular complexity index is 819. The van der Waals surface area contributed by atoms with Crippen LogP contribution in [0.2, 0.25) is 0 Å². The molecule has 0 radical (unpaired) electrons. The lowest BCUT2D eigenvalue weighted by molar-refractivity contribution is 1.16. The van der Waals surface area contributed by atoms with E-state index in [9.17, 15) is 0 Å².